The van der Waals surface area contributed by atoms with Gasteiger partial charge in [0.25, 0.3) is 5.91 Å². The third kappa shape index (κ3) is 8.00. The fourth-order valence-electron chi connectivity index (χ4n) is 2.42. The van der Waals surface area contributed by atoms with Gasteiger partial charge in [0.05, 0.1) is 21.7 Å². The molecule has 0 heterocycles. The number of hydrogen-bond donors (Lipinski definition) is 2. The van der Waals surface area contributed by atoms with Crippen molar-refractivity contribution in [2.24, 2.45) is 0 Å². The number of anilines is 1. The molecule has 0 spiro atoms. The maximum absolute atomic E-state index is 13.4. The summed E-state index contributed by atoms with van der Waals surface area (Å²) in [6.07, 6.45) is 4.32. The maximum Gasteiger partial charge on any atom is 0.285 e. The predicted octanol–water partition coefficient (Wildman–Crippen LogP) is 5.32. The Labute approximate surface area is 186 Å². The number of allylic oxidation sites excluding steroid dienone is 3. The van der Waals surface area contributed by atoms with Crippen LogP contribution in [0, 0.1) is 17.1 Å². The molecule has 2 rings (SSSR count). The number of nitrogens with zero attached hydrogens (tertiary/aromatic N) is 1. The van der Waals surface area contributed by atoms with E-state index in [-0.39, 0.29) is 16.0 Å². The van der Waals surface area contributed by atoms with Crippen LogP contribution in [-0.4, -0.2) is 11.4 Å². The lowest BCUT2D eigenvalue weighted by Gasteiger charge is -2.20. The van der Waals surface area contributed by atoms with Crippen LogP contribution in [-0.2, 0) is 11.2 Å². The normalized spacial score (nSPS) is 12.3. The number of amides is 1. The standard InChI is InChI=1S/C17H14Cl2FN3O.C6H10/c1-17(22,8-10-2-4-11(9-21)5-3-10)16(24)23-12-6-13(18)15(20)14(19)7-12;1-4-5-6(2)3/h2-7H,8,22H2,1H3,(H,23,24);4-5H,2H2,1,3H3/p+1/b;5-4-/t17-;/m1./s1. The van der Waals surface area contributed by atoms with Crippen LogP contribution in [0.25, 0.3) is 0 Å². The average Bonchev–Trinajstić information content (AvgIpc) is 2.66. The van der Waals surface area contributed by atoms with E-state index in [4.69, 9.17) is 28.5 Å². The van der Waals surface area contributed by atoms with Crippen LogP contribution in [0.5, 0.6) is 0 Å². The van der Waals surface area contributed by atoms with E-state index >= 15 is 0 Å². The number of hydrogen-bond acceptors (Lipinski definition) is 2. The number of benzene rings is 2. The van der Waals surface area contributed by atoms with E-state index in [1.807, 2.05) is 32.1 Å². The summed E-state index contributed by atoms with van der Waals surface area (Å²) in [5, 5.41) is 11.1. The van der Waals surface area contributed by atoms with Crippen molar-refractivity contribution in [2.45, 2.75) is 32.7 Å². The first-order valence-electron chi connectivity index (χ1n) is 9.08. The lowest BCUT2D eigenvalue weighted by Crippen LogP contribution is -2.77. The van der Waals surface area contributed by atoms with Crippen molar-refractivity contribution in [3.63, 3.8) is 0 Å². The van der Waals surface area contributed by atoms with Crippen LogP contribution in [0.15, 0.2) is 60.7 Å². The highest BCUT2D eigenvalue weighted by Gasteiger charge is 2.33. The van der Waals surface area contributed by atoms with Gasteiger partial charge in [0.1, 0.15) is 0 Å². The van der Waals surface area contributed by atoms with Crippen LogP contribution in [0.1, 0.15) is 31.9 Å². The van der Waals surface area contributed by atoms with Gasteiger partial charge in [-0.2, -0.15) is 5.26 Å². The molecular weight excluding hydrogens is 424 g/mol. The van der Waals surface area contributed by atoms with E-state index < -0.39 is 11.4 Å². The molecule has 0 aliphatic heterocycles. The number of rotatable bonds is 5. The van der Waals surface area contributed by atoms with Crippen molar-refractivity contribution in [2.75, 3.05) is 5.32 Å². The minimum Gasteiger partial charge on any atom is -0.345 e. The average molecular weight is 449 g/mol. The van der Waals surface area contributed by atoms with Gasteiger partial charge in [-0.1, -0.05) is 59.6 Å². The third-order valence-electron chi connectivity index (χ3n) is 3.92. The zero-order valence-electron chi connectivity index (χ0n) is 17.2. The molecule has 0 bridgehead atoms. The van der Waals surface area contributed by atoms with Crippen molar-refractivity contribution in [1.82, 2.24) is 0 Å². The first kappa shape index (κ1) is 25.4. The van der Waals surface area contributed by atoms with Gasteiger partial charge in [0, 0.05) is 19.0 Å². The summed E-state index contributed by atoms with van der Waals surface area (Å²) in [6, 6.07) is 11.5. The first-order chi connectivity index (χ1) is 14.0. The molecule has 30 heavy (non-hydrogen) atoms. The second kappa shape index (κ2) is 11.5. The SMILES string of the molecule is C=C(C)/C=C\C.C[C@@]([NH3+])(Cc1ccc(C#N)cc1)C(=O)Nc1cc(Cl)c(F)c(Cl)c1. The molecule has 2 aromatic rings. The summed E-state index contributed by atoms with van der Waals surface area (Å²) < 4.78 is 13.4. The minimum absolute atomic E-state index is 0.171. The van der Waals surface area contributed by atoms with Gasteiger partial charge >= 0.3 is 0 Å². The molecule has 0 aromatic heterocycles. The topological polar surface area (TPSA) is 80.5 Å². The van der Waals surface area contributed by atoms with E-state index in [1.165, 1.54) is 12.1 Å². The molecular formula is C23H25Cl2FN3O+. The van der Waals surface area contributed by atoms with E-state index in [0.717, 1.165) is 11.1 Å². The molecule has 0 fully saturated rings. The smallest absolute Gasteiger partial charge is 0.285 e. The quantitative estimate of drug-likeness (QED) is 0.478. The molecule has 1 amide bonds. The van der Waals surface area contributed by atoms with Gasteiger partial charge in [-0.05, 0) is 43.7 Å². The van der Waals surface area contributed by atoms with Crippen molar-refractivity contribution < 1.29 is 14.9 Å². The summed E-state index contributed by atoms with van der Waals surface area (Å²) >= 11 is 11.4. The van der Waals surface area contributed by atoms with Gasteiger partial charge in [0.2, 0.25) is 0 Å². The molecule has 0 saturated carbocycles. The largest absolute Gasteiger partial charge is 0.345 e. The molecule has 158 valence electrons. The highest BCUT2D eigenvalue weighted by Crippen LogP contribution is 2.27. The van der Waals surface area contributed by atoms with E-state index in [9.17, 15) is 9.18 Å². The number of carbonyl (C=O) groups is 1. The summed E-state index contributed by atoms with van der Waals surface area (Å²) in [6.45, 7) is 9.30. The van der Waals surface area contributed by atoms with Gasteiger partial charge in [0.15, 0.2) is 11.4 Å². The predicted molar refractivity (Wildman–Crippen MR) is 121 cm³/mol. The summed E-state index contributed by atoms with van der Waals surface area (Å²) in [4.78, 5) is 12.5. The maximum atomic E-state index is 13.4. The Morgan fingerprint density at radius 1 is 1.30 bits per heavy atom. The van der Waals surface area contributed by atoms with Crippen molar-refractivity contribution in [3.05, 3.63) is 87.7 Å². The number of quaternary nitrogens is 1. The Morgan fingerprint density at radius 3 is 2.23 bits per heavy atom. The molecule has 0 radical (unpaired) electrons. The van der Waals surface area contributed by atoms with Crippen LogP contribution >= 0.6 is 23.2 Å². The Kier molecular flexibility index (Phi) is 9.74. The second-order valence-corrected chi connectivity index (χ2v) is 7.91. The molecule has 1 atom stereocenters. The molecule has 0 aliphatic rings. The fourth-order valence-corrected chi connectivity index (χ4v) is 2.91. The molecule has 7 heteroatoms. The molecule has 2 aromatic carbocycles. The zero-order chi connectivity index (χ0) is 22.9. The molecule has 0 unspecified atom stereocenters. The Balaban J connectivity index is 0.000000656. The van der Waals surface area contributed by atoms with Crippen LogP contribution in [0.4, 0.5) is 10.1 Å². The van der Waals surface area contributed by atoms with Crippen molar-refractivity contribution >= 4 is 34.8 Å². The fraction of sp³-hybridized carbons (Fsp3) is 0.217. The van der Waals surface area contributed by atoms with Gasteiger partial charge in [-0.25, -0.2) is 4.39 Å². The third-order valence-corrected chi connectivity index (χ3v) is 4.47. The van der Waals surface area contributed by atoms with Crippen LogP contribution < -0.4 is 11.1 Å². The summed E-state index contributed by atoms with van der Waals surface area (Å²) in [5.41, 5.74) is 5.80. The lowest BCUT2D eigenvalue weighted by atomic mass is 9.92. The van der Waals surface area contributed by atoms with E-state index in [1.54, 1.807) is 31.2 Å². The Hall–Kier alpha value is -2.65. The number of nitriles is 1. The summed E-state index contributed by atoms with van der Waals surface area (Å²) in [7, 11) is 0. The molecule has 4 N–H and O–H groups in total. The Morgan fingerprint density at radius 2 is 1.83 bits per heavy atom. The number of carbonyl (C=O) groups excluding carboxylic acids is 1. The van der Waals surface area contributed by atoms with Crippen molar-refractivity contribution in [3.8, 4) is 6.07 Å². The van der Waals surface area contributed by atoms with Gasteiger partial charge in [-0.15, -0.1) is 0 Å². The van der Waals surface area contributed by atoms with E-state index in [2.05, 4.69) is 17.6 Å². The lowest BCUT2D eigenvalue weighted by molar-refractivity contribution is -0.450. The van der Waals surface area contributed by atoms with Crippen LogP contribution in [0.3, 0.4) is 0 Å². The number of halogens is 3. The second-order valence-electron chi connectivity index (χ2n) is 7.10. The summed E-state index contributed by atoms with van der Waals surface area (Å²) in [5.74, 6) is -1.09. The zero-order valence-corrected chi connectivity index (χ0v) is 18.7. The van der Waals surface area contributed by atoms with Gasteiger partial charge in [-0.3, -0.25) is 4.79 Å². The monoisotopic (exact) mass is 448 g/mol. The Bertz CT molecular complexity index is 954. The van der Waals surface area contributed by atoms with Crippen molar-refractivity contribution in [1.29, 1.82) is 5.26 Å². The first-order valence-corrected chi connectivity index (χ1v) is 9.84. The number of nitrogens with one attached hydrogen (secondary N) is 1. The highest BCUT2D eigenvalue weighted by molar-refractivity contribution is 6.35. The highest BCUT2D eigenvalue weighted by atomic mass is 35.5. The molecule has 0 aliphatic carbocycles. The van der Waals surface area contributed by atoms with Gasteiger partial charge < -0.3 is 11.1 Å². The molecule has 4 nitrogen and oxygen atoms in total. The minimum atomic E-state index is -0.971. The van der Waals surface area contributed by atoms with E-state index in [0.29, 0.717) is 17.7 Å². The molecule has 0 saturated heterocycles. The van der Waals surface area contributed by atoms with Crippen LogP contribution in [0.2, 0.25) is 10.0 Å².